The molecule has 6 nitrogen and oxygen atoms in total. The molecule has 14 heavy (non-hydrogen) atoms. The summed E-state index contributed by atoms with van der Waals surface area (Å²) in [6.07, 6.45) is -5.93. The Kier molecular flexibility index (Phi) is 3.80. The number of nitrogens with zero attached hydrogens (tertiary/aromatic N) is 1. The molecule has 80 valence electrons. The van der Waals surface area contributed by atoms with Crippen LogP contribution in [0, 0.1) is 11.3 Å². The summed E-state index contributed by atoms with van der Waals surface area (Å²) in [7, 11) is 0. The lowest BCUT2D eigenvalue weighted by atomic mass is 9.94. The number of nitriles is 1. The number of hydrogen-bond acceptors (Lipinski definition) is 6. The molecule has 4 N–H and O–H groups in total. The van der Waals surface area contributed by atoms with E-state index in [2.05, 4.69) is 0 Å². The molecule has 1 heterocycles. The molecule has 0 saturated carbocycles. The van der Waals surface area contributed by atoms with Gasteiger partial charge in [-0.25, -0.2) is 0 Å². The fourth-order valence-corrected chi connectivity index (χ4v) is 1.44. The van der Waals surface area contributed by atoms with Gasteiger partial charge in [-0.2, -0.15) is 5.26 Å². The molecule has 1 aliphatic heterocycles. The second-order valence-electron chi connectivity index (χ2n) is 3.23. The number of hydrogen-bond donors (Lipinski definition) is 4. The molecule has 0 aliphatic carbocycles. The van der Waals surface area contributed by atoms with Gasteiger partial charge in [-0.15, -0.1) is 0 Å². The van der Waals surface area contributed by atoms with Crippen LogP contribution in [0.5, 0.6) is 0 Å². The first-order valence-corrected chi connectivity index (χ1v) is 4.29. The zero-order valence-electron chi connectivity index (χ0n) is 7.45. The summed E-state index contributed by atoms with van der Waals surface area (Å²) in [5.74, 6) is 0. The topological polar surface area (TPSA) is 114 Å². The molecular formula is C8H13NO5. The Hall–Kier alpha value is -0.710. The van der Waals surface area contributed by atoms with Crippen LogP contribution >= 0.6 is 0 Å². The van der Waals surface area contributed by atoms with Gasteiger partial charge in [0.25, 0.3) is 0 Å². The van der Waals surface area contributed by atoms with E-state index >= 15 is 0 Å². The Balaban J connectivity index is 2.69. The zero-order chi connectivity index (χ0) is 10.7. The van der Waals surface area contributed by atoms with E-state index in [0.29, 0.717) is 0 Å². The predicted octanol–water partition coefficient (Wildman–Crippen LogP) is -2.26. The summed E-state index contributed by atoms with van der Waals surface area (Å²) in [5, 5.41) is 45.2. The van der Waals surface area contributed by atoms with Gasteiger partial charge >= 0.3 is 0 Å². The second-order valence-corrected chi connectivity index (χ2v) is 3.23. The van der Waals surface area contributed by atoms with Crippen molar-refractivity contribution >= 4 is 0 Å². The molecule has 0 spiro atoms. The van der Waals surface area contributed by atoms with Gasteiger partial charge in [0.2, 0.25) is 0 Å². The van der Waals surface area contributed by atoms with E-state index < -0.39 is 37.1 Å². The van der Waals surface area contributed by atoms with Crippen molar-refractivity contribution in [3.8, 4) is 6.07 Å². The van der Waals surface area contributed by atoms with Crippen molar-refractivity contribution in [2.45, 2.75) is 36.9 Å². The fraction of sp³-hybridized carbons (Fsp3) is 0.875. The van der Waals surface area contributed by atoms with E-state index in [9.17, 15) is 15.3 Å². The van der Waals surface area contributed by atoms with E-state index in [1.807, 2.05) is 0 Å². The fourth-order valence-electron chi connectivity index (χ4n) is 1.44. The molecule has 1 fully saturated rings. The molecule has 0 bridgehead atoms. The number of aliphatic hydroxyl groups excluding tert-OH is 4. The minimum Gasteiger partial charge on any atom is -0.394 e. The molecule has 1 saturated heterocycles. The Labute approximate surface area is 81.0 Å². The lowest BCUT2D eigenvalue weighted by Gasteiger charge is -2.39. The first-order chi connectivity index (χ1) is 6.61. The van der Waals surface area contributed by atoms with Crippen molar-refractivity contribution in [3.05, 3.63) is 0 Å². The quantitative estimate of drug-likeness (QED) is 0.403. The molecule has 0 radical (unpaired) electrons. The lowest BCUT2D eigenvalue weighted by molar-refractivity contribution is -0.227. The summed E-state index contributed by atoms with van der Waals surface area (Å²) in [6.45, 7) is -0.465. The van der Waals surface area contributed by atoms with Crippen LogP contribution in [0.2, 0.25) is 0 Å². The highest BCUT2D eigenvalue weighted by Gasteiger charge is 2.42. The van der Waals surface area contributed by atoms with Gasteiger partial charge in [0.15, 0.2) is 0 Å². The van der Waals surface area contributed by atoms with Crippen molar-refractivity contribution in [1.29, 1.82) is 5.26 Å². The highest BCUT2D eigenvalue weighted by atomic mass is 16.5. The van der Waals surface area contributed by atoms with Crippen LogP contribution in [-0.2, 0) is 4.74 Å². The Morgan fingerprint density at radius 2 is 1.64 bits per heavy atom. The lowest BCUT2D eigenvalue weighted by Crippen LogP contribution is -2.58. The molecule has 0 aromatic heterocycles. The average molecular weight is 203 g/mol. The van der Waals surface area contributed by atoms with Gasteiger partial charge in [0, 0.05) is 0 Å². The maximum absolute atomic E-state index is 9.38. The maximum Gasteiger partial charge on any atom is 0.111 e. The molecule has 1 unspecified atom stereocenters. The summed E-state index contributed by atoms with van der Waals surface area (Å²) in [6, 6.07) is 1.79. The van der Waals surface area contributed by atoms with Gasteiger partial charge in [-0.3, -0.25) is 0 Å². The van der Waals surface area contributed by atoms with Gasteiger partial charge < -0.3 is 25.2 Å². The van der Waals surface area contributed by atoms with E-state index in [1.165, 1.54) is 0 Å². The van der Waals surface area contributed by atoms with Crippen molar-refractivity contribution in [1.82, 2.24) is 0 Å². The summed E-state index contributed by atoms with van der Waals surface area (Å²) < 4.78 is 5.04. The first kappa shape index (κ1) is 11.4. The minimum absolute atomic E-state index is 0.0958. The van der Waals surface area contributed by atoms with Crippen LogP contribution in [0.3, 0.4) is 0 Å². The first-order valence-electron chi connectivity index (χ1n) is 4.29. The average Bonchev–Trinajstić information content (AvgIpc) is 2.19. The Bertz CT molecular complexity index is 226. The normalized spacial score (nSPS) is 43.2. The van der Waals surface area contributed by atoms with Crippen LogP contribution in [0.4, 0.5) is 0 Å². The zero-order valence-corrected chi connectivity index (χ0v) is 7.45. The molecule has 1 rings (SSSR count). The van der Waals surface area contributed by atoms with Crippen LogP contribution in [0.25, 0.3) is 0 Å². The Morgan fingerprint density at radius 1 is 1.07 bits per heavy atom. The van der Waals surface area contributed by atoms with E-state index in [-0.39, 0.29) is 6.42 Å². The minimum atomic E-state index is -1.39. The van der Waals surface area contributed by atoms with Gasteiger partial charge in [0.05, 0.1) is 25.2 Å². The molecule has 0 aromatic rings. The van der Waals surface area contributed by atoms with Crippen LogP contribution in [0.1, 0.15) is 6.42 Å². The SMILES string of the molecule is N#CCC1O[C@H](CO)[C@@H](O)[C@H](O)[C@H]1O. The monoisotopic (exact) mass is 203 g/mol. The third kappa shape index (κ3) is 2.03. The standard InChI is InChI=1S/C8H13NO5/c9-2-1-4-6(11)8(13)7(12)5(3-10)14-4/h4-8,10-13H,1,3H2/t4?,5-,6+,7-,8-/m1/s1. The molecule has 1 aliphatic rings. The van der Waals surface area contributed by atoms with E-state index in [0.717, 1.165) is 0 Å². The van der Waals surface area contributed by atoms with Crippen molar-refractivity contribution in [3.63, 3.8) is 0 Å². The number of aliphatic hydroxyl groups is 4. The van der Waals surface area contributed by atoms with Crippen LogP contribution < -0.4 is 0 Å². The summed E-state index contributed by atoms with van der Waals surface area (Å²) in [5.41, 5.74) is 0. The smallest absolute Gasteiger partial charge is 0.111 e. The van der Waals surface area contributed by atoms with Gasteiger partial charge in [-0.1, -0.05) is 0 Å². The predicted molar refractivity (Wildman–Crippen MR) is 44.0 cm³/mol. The van der Waals surface area contributed by atoms with Crippen molar-refractivity contribution in [2.24, 2.45) is 0 Å². The highest BCUT2D eigenvalue weighted by molar-refractivity contribution is 4.95. The Morgan fingerprint density at radius 3 is 2.14 bits per heavy atom. The summed E-state index contributed by atoms with van der Waals surface area (Å²) >= 11 is 0. The maximum atomic E-state index is 9.38. The highest BCUT2D eigenvalue weighted by Crippen LogP contribution is 2.22. The van der Waals surface area contributed by atoms with E-state index in [1.54, 1.807) is 6.07 Å². The molecule has 5 atom stereocenters. The molecule has 0 amide bonds. The van der Waals surface area contributed by atoms with Crippen molar-refractivity contribution in [2.75, 3.05) is 6.61 Å². The van der Waals surface area contributed by atoms with Crippen molar-refractivity contribution < 1.29 is 25.2 Å². The second kappa shape index (κ2) is 4.68. The molecule has 0 aromatic carbocycles. The van der Waals surface area contributed by atoms with Gasteiger partial charge in [0.1, 0.15) is 24.4 Å². The number of rotatable bonds is 2. The summed E-state index contributed by atoms with van der Waals surface area (Å²) in [4.78, 5) is 0. The van der Waals surface area contributed by atoms with E-state index in [4.69, 9.17) is 15.1 Å². The third-order valence-corrected chi connectivity index (χ3v) is 2.28. The molecular weight excluding hydrogens is 190 g/mol. The van der Waals surface area contributed by atoms with Gasteiger partial charge in [-0.05, 0) is 0 Å². The van der Waals surface area contributed by atoms with Crippen LogP contribution in [-0.4, -0.2) is 57.6 Å². The molecule has 6 heteroatoms. The largest absolute Gasteiger partial charge is 0.394 e. The number of ether oxygens (including phenoxy) is 1. The van der Waals surface area contributed by atoms with Crippen LogP contribution in [0.15, 0.2) is 0 Å². The third-order valence-electron chi connectivity index (χ3n) is 2.28.